The average molecular weight is 414 g/mol. The van der Waals surface area contributed by atoms with E-state index >= 15 is 0 Å². The Morgan fingerprint density at radius 3 is 2.45 bits per heavy atom. The third-order valence-corrected chi connectivity index (χ3v) is 6.19. The standard InChI is InChI=1S/C27H27NO3/c1-4-5-15-28-24(22-12-8-10-19-9-6-7-11-21(19)22)23(26(30)27(28)31)25(29)20-14-13-17(2)18(3)16-20/h6-14,16,24,29H,4-5,15H2,1-3H3/b25-23-. The first-order valence-electron chi connectivity index (χ1n) is 10.8. The second-order valence-electron chi connectivity index (χ2n) is 8.21. The number of aliphatic hydroxyl groups is 1. The highest BCUT2D eigenvalue weighted by molar-refractivity contribution is 6.46. The lowest BCUT2D eigenvalue weighted by atomic mass is 9.91. The van der Waals surface area contributed by atoms with Crippen LogP contribution in [0.25, 0.3) is 16.5 Å². The van der Waals surface area contributed by atoms with Crippen LogP contribution in [-0.2, 0) is 9.59 Å². The Hall–Kier alpha value is -3.40. The first-order chi connectivity index (χ1) is 14.9. The van der Waals surface area contributed by atoms with Gasteiger partial charge in [-0.15, -0.1) is 0 Å². The summed E-state index contributed by atoms with van der Waals surface area (Å²) in [6, 6.07) is 18.8. The maximum atomic E-state index is 13.2. The van der Waals surface area contributed by atoms with E-state index < -0.39 is 17.7 Å². The molecule has 1 atom stereocenters. The van der Waals surface area contributed by atoms with E-state index in [1.54, 1.807) is 11.0 Å². The summed E-state index contributed by atoms with van der Waals surface area (Å²) in [5, 5.41) is 13.3. The molecule has 1 aliphatic rings. The van der Waals surface area contributed by atoms with E-state index in [4.69, 9.17) is 0 Å². The van der Waals surface area contributed by atoms with E-state index in [1.165, 1.54) is 0 Å². The molecule has 0 aromatic heterocycles. The zero-order valence-electron chi connectivity index (χ0n) is 18.2. The molecule has 31 heavy (non-hydrogen) atoms. The molecular weight excluding hydrogens is 386 g/mol. The smallest absolute Gasteiger partial charge is 0.295 e. The van der Waals surface area contributed by atoms with Crippen LogP contribution in [0.4, 0.5) is 0 Å². The summed E-state index contributed by atoms with van der Waals surface area (Å²) in [5.74, 6) is -1.28. The Morgan fingerprint density at radius 1 is 0.968 bits per heavy atom. The molecule has 3 aromatic carbocycles. The van der Waals surface area contributed by atoms with E-state index in [0.29, 0.717) is 12.1 Å². The van der Waals surface area contributed by atoms with Gasteiger partial charge >= 0.3 is 0 Å². The molecule has 1 amide bonds. The van der Waals surface area contributed by atoms with Crippen molar-refractivity contribution in [2.75, 3.05) is 6.54 Å². The Kier molecular flexibility index (Phi) is 5.64. The third-order valence-electron chi connectivity index (χ3n) is 6.19. The topological polar surface area (TPSA) is 57.6 Å². The van der Waals surface area contributed by atoms with Crippen LogP contribution >= 0.6 is 0 Å². The molecule has 0 aliphatic carbocycles. The fraction of sp³-hybridized carbons (Fsp3) is 0.259. The van der Waals surface area contributed by atoms with Crippen LogP contribution in [0, 0.1) is 13.8 Å². The molecule has 1 N–H and O–H groups in total. The van der Waals surface area contributed by atoms with Crippen LogP contribution in [0.5, 0.6) is 0 Å². The Labute approximate surface area is 182 Å². The van der Waals surface area contributed by atoms with E-state index in [9.17, 15) is 14.7 Å². The van der Waals surface area contributed by atoms with Crippen LogP contribution < -0.4 is 0 Å². The molecule has 1 saturated heterocycles. The van der Waals surface area contributed by atoms with Crippen molar-refractivity contribution < 1.29 is 14.7 Å². The largest absolute Gasteiger partial charge is 0.507 e. The molecule has 1 unspecified atom stereocenters. The van der Waals surface area contributed by atoms with Crippen LogP contribution in [0.1, 0.15) is 48.1 Å². The first-order valence-corrected chi connectivity index (χ1v) is 10.8. The second kappa shape index (κ2) is 8.38. The summed E-state index contributed by atoms with van der Waals surface area (Å²) in [5.41, 5.74) is 3.71. The maximum Gasteiger partial charge on any atom is 0.295 e. The van der Waals surface area contributed by atoms with Gasteiger partial charge in [0.1, 0.15) is 5.76 Å². The molecular formula is C27H27NO3. The minimum Gasteiger partial charge on any atom is -0.507 e. The predicted octanol–water partition coefficient (Wildman–Crippen LogP) is 5.68. The molecule has 4 nitrogen and oxygen atoms in total. The fourth-order valence-corrected chi connectivity index (χ4v) is 4.30. The van der Waals surface area contributed by atoms with Gasteiger partial charge in [-0.1, -0.05) is 67.9 Å². The highest BCUT2D eigenvalue weighted by Crippen LogP contribution is 2.42. The summed E-state index contributed by atoms with van der Waals surface area (Å²) in [6.07, 6.45) is 1.69. The number of carbonyl (C=O) groups excluding carboxylic acids is 2. The average Bonchev–Trinajstić information content (AvgIpc) is 3.03. The van der Waals surface area contributed by atoms with Gasteiger partial charge in [0.2, 0.25) is 0 Å². The predicted molar refractivity (Wildman–Crippen MR) is 124 cm³/mol. The summed E-state index contributed by atoms with van der Waals surface area (Å²) in [4.78, 5) is 27.8. The number of aryl methyl sites for hydroxylation is 2. The Bertz CT molecular complexity index is 1200. The minimum absolute atomic E-state index is 0.113. The second-order valence-corrected chi connectivity index (χ2v) is 8.21. The lowest BCUT2D eigenvalue weighted by Crippen LogP contribution is -2.30. The summed E-state index contributed by atoms with van der Waals surface area (Å²) < 4.78 is 0. The van der Waals surface area contributed by atoms with Crippen LogP contribution in [0.15, 0.2) is 66.2 Å². The first kappa shape index (κ1) is 20.9. The molecule has 4 rings (SSSR count). The molecule has 4 heteroatoms. The quantitative estimate of drug-likeness (QED) is 0.333. The molecule has 0 bridgehead atoms. The number of ketones is 1. The summed E-state index contributed by atoms with van der Waals surface area (Å²) in [7, 11) is 0. The number of hydrogen-bond acceptors (Lipinski definition) is 3. The van der Waals surface area contributed by atoms with Gasteiger partial charge in [0.25, 0.3) is 11.7 Å². The van der Waals surface area contributed by atoms with Gasteiger partial charge in [0.15, 0.2) is 0 Å². The van der Waals surface area contributed by atoms with Gasteiger partial charge < -0.3 is 10.0 Å². The van der Waals surface area contributed by atoms with Crippen molar-refractivity contribution in [3.05, 3.63) is 88.5 Å². The lowest BCUT2D eigenvalue weighted by molar-refractivity contribution is -0.139. The van der Waals surface area contributed by atoms with Gasteiger partial charge in [0, 0.05) is 12.1 Å². The zero-order chi connectivity index (χ0) is 22.1. The van der Waals surface area contributed by atoms with E-state index in [0.717, 1.165) is 40.3 Å². The maximum absolute atomic E-state index is 13.2. The number of hydrogen-bond donors (Lipinski definition) is 1. The van der Waals surface area contributed by atoms with Gasteiger partial charge in [-0.25, -0.2) is 0 Å². The number of likely N-dealkylation sites (tertiary alicyclic amines) is 1. The number of fused-ring (bicyclic) bond motifs is 1. The number of Topliss-reactive ketones (excluding diaryl/α,β-unsaturated/α-hetero) is 1. The summed E-state index contributed by atoms with van der Waals surface area (Å²) >= 11 is 0. The normalized spacial score (nSPS) is 18.2. The van der Waals surface area contributed by atoms with Crippen molar-refractivity contribution >= 4 is 28.2 Å². The Morgan fingerprint density at radius 2 is 1.71 bits per heavy atom. The number of rotatable bonds is 5. The van der Waals surface area contributed by atoms with E-state index in [-0.39, 0.29) is 11.3 Å². The van der Waals surface area contributed by atoms with Crippen molar-refractivity contribution in [3.8, 4) is 0 Å². The molecule has 1 fully saturated rings. The van der Waals surface area contributed by atoms with E-state index in [1.807, 2.05) is 68.4 Å². The number of nitrogens with zero attached hydrogens (tertiary/aromatic N) is 1. The number of carbonyl (C=O) groups is 2. The highest BCUT2D eigenvalue weighted by atomic mass is 16.3. The Balaban J connectivity index is 1.96. The SMILES string of the molecule is CCCCN1C(=O)C(=O)/C(=C(\O)c2ccc(C)c(C)c2)C1c1cccc2ccccc12. The number of aliphatic hydroxyl groups excluding tert-OH is 1. The van der Waals surface area contributed by atoms with Crippen molar-refractivity contribution in [1.82, 2.24) is 4.90 Å². The molecule has 158 valence electrons. The van der Waals surface area contributed by atoms with Crippen molar-refractivity contribution in [2.45, 2.75) is 39.7 Å². The third kappa shape index (κ3) is 3.63. The van der Waals surface area contributed by atoms with Crippen LogP contribution in [0.3, 0.4) is 0 Å². The molecule has 0 radical (unpaired) electrons. The van der Waals surface area contributed by atoms with Crippen molar-refractivity contribution in [3.63, 3.8) is 0 Å². The van der Waals surface area contributed by atoms with Gasteiger partial charge in [0.05, 0.1) is 11.6 Å². The molecule has 3 aromatic rings. The lowest BCUT2D eigenvalue weighted by Gasteiger charge is -2.26. The van der Waals surface area contributed by atoms with Crippen molar-refractivity contribution in [2.24, 2.45) is 0 Å². The fourth-order valence-electron chi connectivity index (χ4n) is 4.30. The molecule has 0 saturated carbocycles. The summed E-state index contributed by atoms with van der Waals surface area (Å²) in [6.45, 7) is 6.49. The molecule has 1 heterocycles. The van der Waals surface area contributed by atoms with E-state index in [2.05, 4.69) is 6.92 Å². The number of benzene rings is 3. The number of unbranched alkanes of at least 4 members (excludes halogenated alkanes) is 1. The monoisotopic (exact) mass is 413 g/mol. The van der Waals surface area contributed by atoms with Crippen LogP contribution in [0.2, 0.25) is 0 Å². The molecule has 0 spiro atoms. The molecule has 1 aliphatic heterocycles. The minimum atomic E-state index is -0.621. The van der Waals surface area contributed by atoms with Crippen LogP contribution in [-0.4, -0.2) is 28.2 Å². The number of amides is 1. The zero-order valence-corrected chi connectivity index (χ0v) is 18.2. The van der Waals surface area contributed by atoms with Crippen molar-refractivity contribution in [1.29, 1.82) is 0 Å². The van der Waals surface area contributed by atoms with Gasteiger partial charge in [-0.2, -0.15) is 0 Å². The van der Waals surface area contributed by atoms with Gasteiger partial charge in [-0.05, 0) is 53.8 Å². The van der Waals surface area contributed by atoms with Gasteiger partial charge in [-0.3, -0.25) is 9.59 Å². The highest BCUT2D eigenvalue weighted by Gasteiger charge is 2.46.